The summed E-state index contributed by atoms with van der Waals surface area (Å²) < 4.78 is 0. The Bertz CT molecular complexity index is 2360. The molecule has 7 aromatic carbocycles. The van der Waals surface area contributed by atoms with Crippen LogP contribution in [0.5, 0.6) is 0 Å². The van der Waals surface area contributed by atoms with Crippen molar-refractivity contribution in [2.75, 3.05) is 0 Å². The Morgan fingerprint density at radius 1 is 0.448 bits per heavy atom. The van der Waals surface area contributed by atoms with Crippen molar-refractivity contribution < 1.29 is 15.1 Å². The second-order valence-electron chi connectivity index (χ2n) is 13.7. The average molecular weight is 904 g/mol. The number of aromatic nitrogens is 1. The van der Waals surface area contributed by atoms with E-state index in [-0.39, 0.29) is 27.2 Å². The van der Waals surface area contributed by atoms with Crippen LogP contribution in [0.25, 0.3) is 21.5 Å². The maximum Gasteiger partial charge on any atom is -0.0134 e. The molecule has 0 aliphatic carbocycles. The van der Waals surface area contributed by atoms with Crippen molar-refractivity contribution in [2.45, 2.75) is 39.8 Å². The van der Waals surface area contributed by atoms with Crippen LogP contribution in [0.2, 0.25) is 0 Å². The van der Waals surface area contributed by atoms with E-state index in [1.807, 2.05) is 32.0 Å². The van der Waals surface area contributed by atoms with Crippen LogP contribution in [0.1, 0.15) is 62.3 Å². The van der Waals surface area contributed by atoms with E-state index >= 15 is 0 Å². The van der Waals surface area contributed by atoms with Crippen molar-refractivity contribution in [3.8, 4) is 0 Å². The smallest absolute Gasteiger partial charge is 0.0134 e. The number of benzene rings is 7. The first kappa shape index (κ1) is 42.8. The van der Waals surface area contributed by atoms with E-state index < -0.39 is 7.92 Å². The van der Waals surface area contributed by atoms with E-state index in [0.29, 0.717) is 0 Å². The SMILES string of the molecule is CC(=N[C@@H](C)c1cccc2ccccc12)c1cccc(C(C)=N[C@@H](C)c2cccc3ccccc23)n1.[Cl][Ru][Cl].c1ccc(P(c2ccccc2)c2ccccc2)cc1. The molecule has 0 N–H and O–H groups in total. The van der Waals surface area contributed by atoms with Crippen LogP contribution in [-0.4, -0.2) is 16.4 Å². The summed E-state index contributed by atoms with van der Waals surface area (Å²) in [6.45, 7) is 8.37. The molecule has 1 aromatic heterocycles. The number of hydrogen-bond donors (Lipinski definition) is 0. The Morgan fingerprint density at radius 2 is 0.759 bits per heavy atom. The number of rotatable bonds is 9. The fourth-order valence-corrected chi connectivity index (χ4v) is 9.40. The Labute approximate surface area is 360 Å². The molecule has 0 bridgehead atoms. The molecule has 8 aromatic rings. The average Bonchev–Trinajstić information content (AvgIpc) is 3.27. The van der Waals surface area contributed by atoms with Crippen LogP contribution < -0.4 is 15.9 Å². The van der Waals surface area contributed by atoms with Gasteiger partial charge >= 0.3 is 34.5 Å². The minimum atomic E-state index is -0.446. The van der Waals surface area contributed by atoms with Gasteiger partial charge in [0, 0.05) is 0 Å². The van der Waals surface area contributed by atoms with Gasteiger partial charge in [-0.1, -0.05) is 182 Å². The number of halogens is 2. The summed E-state index contributed by atoms with van der Waals surface area (Å²) in [5, 5.41) is 9.16. The van der Waals surface area contributed by atoms with Gasteiger partial charge in [-0.2, -0.15) is 0 Å². The summed E-state index contributed by atoms with van der Waals surface area (Å²) >= 11 is -0.346. The Morgan fingerprint density at radius 3 is 1.14 bits per heavy atom. The van der Waals surface area contributed by atoms with E-state index in [1.165, 1.54) is 48.6 Å². The molecule has 0 fully saturated rings. The molecule has 58 heavy (non-hydrogen) atoms. The molecule has 0 radical (unpaired) electrons. The van der Waals surface area contributed by atoms with Gasteiger partial charge in [0.1, 0.15) is 0 Å². The van der Waals surface area contributed by atoms with Gasteiger partial charge < -0.3 is 0 Å². The second-order valence-corrected chi connectivity index (χ2v) is 18.6. The van der Waals surface area contributed by atoms with E-state index in [0.717, 1.165) is 22.8 Å². The van der Waals surface area contributed by atoms with Crippen molar-refractivity contribution in [3.05, 3.63) is 217 Å². The normalized spacial score (nSPS) is 12.7. The molecule has 8 rings (SSSR count). The first-order valence-electron chi connectivity index (χ1n) is 19.2. The third kappa shape index (κ3) is 11.2. The molecule has 1 heterocycles. The number of hydrogen-bond acceptors (Lipinski definition) is 3. The van der Waals surface area contributed by atoms with E-state index in [2.05, 4.69) is 190 Å². The third-order valence-electron chi connectivity index (χ3n) is 9.86. The molecule has 0 amide bonds. The molecule has 0 saturated carbocycles. The quantitative estimate of drug-likeness (QED) is 0.0808. The van der Waals surface area contributed by atoms with Crippen molar-refractivity contribution in [2.24, 2.45) is 9.98 Å². The summed E-state index contributed by atoms with van der Waals surface area (Å²) in [7, 11) is 9.26. The number of aliphatic imine (C=N–C) groups is 2. The predicted octanol–water partition coefficient (Wildman–Crippen LogP) is 13.3. The third-order valence-corrected chi connectivity index (χ3v) is 12.3. The second kappa shape index (κ2) is 21.8. The monoisotopic (exact) mass is 903 g/mol. The standard InChI is InChI=1S/C33H31N3.C18H15P.2ClH.Ru/c1-22(28-18-9-14-26-12-5-7-16-30(26)28)34-24(3)32-20-11-21-33(36-32)25(4)35-23(2)29-19-10-15-27-13-6-8-17-31(27)29;1-4-10-16(11-5-1)19(17-12-6-2-7-13-17)18-14-8-3-9-15-18;;;/h5-23H,1-4H3;1-15H;2*1H;/q;;;;+2/p-2/t22-,23-;;;;/m0..../s1. The van der Waals surface area contributed by atoms with Gasteiger partial charge in [0.2, 0.25) is 0 Å². The maximum absolute atomic E-state index is 5.02. The number of nitrogens with zero attached hydrogens (tertiary/aromatic N) is 3. The van der Waals surface area contributed by atoms with Gasteiger partial charge in [-0.25, -0.2) is 4.98 Å². The molecule has 292 valence electrons. The summed E-state index contributed by atoms with van der Waals surface area (Å²) in [6.07, 6.45) is 0. The van der Waals surface area contributed by atoms with Crippen molar-refractivity contribution in [3.63, 3.8) is 0 Å². The summed E-state index contributed by atoms with van der Waals surface area (Å²) in [5.41, 5.74) is 6.06. The van der Waals surface area contributed by atoms with Crippen LogP contribution in [0.3, 0.4) is 0 Å². The van der Waals surface area contributed by atoms with Crippen LogP contribution in [0, 0.1) is 0 Å². The maximum atomic E-state index is 5.02. The predicted molar refractivity (Wildman–Crippen MR) is 250 cm³/mol. The number of fused-ring (bicyclic) bond motifs is 2. The van der Waals surface area contributed by atoms with E-state index in [4.69, 9.17) is 34.4 Å². The molecule has 7 heteroatoms. The van der Waals surface area contributed by atoms with Crippen molar-refractivity contribution in [1.29, 1.82) is 0 Å². The van der Waals surface area contributed by atoms with Crippen molar-refractivity contribution >= 4 is 76.2 Å². The van der Waals surface area contributed by atoms with Crippen LogP contribution in [-0.2, 0) is 15.1 Å². The topological polar surface area (TPSA) is 37.6 Å². The zero-order valence-corrected chi connectivity index (χ0v) is 37.2. The molecule has 3 nitrogen and oxygen atoms in total. The first-order valence-corrected chi connectivity index (χ1v) is 25.0. The van der Waals surface area contributed by atoms with Gasteiger partial charge in [-0.15, -0.1) is 0 Å². The Balaban J connectivity index is 0.000000215. The minimum Gasteiger partial charge on any atom is -0.0622 e. The minimum absolute atomic E-state index is 0.0303. The van der Waals surface area contributed by atoms with Crippen LogP contribution >= 0.6 is 27.3 Å². The number of pyridine rings is 1. The molecule has 0 unspecified atom stereocenters. The van der Waals surface area contributed by atoms with Gasteiger partial charge in [-0.05, 0) is 96.3 Å². The molecular weight excluding hydrogens is 858 g/mol. The van der Waals surface area contributed by atoms with E-state index in [9.17, 15) is 0 Å². The molecule has 2 atom stereocenters. The summed E-state index contributed by atoms with van der Waals surface area (Å²) in [5.74, 6) is 0. The first-order chi connectivity index (χ1) is 28.4. The zero-order valence-electron chi connectivity index (χ0n) is 33.0. The van der Waals surface area contributed by atoms with Gasteiger partial charge in [0.25, 0.3) is 0 Å². The van der Waals surface area contributed by atoms with Gasteiger partial charge in [0.15, 0.2) is 0 Å². The van der Waals surface area contributed by atoms with Gasteiger partial charge in [-0.3, -0.25) is 9.98 Å². The van der Waals surface area contributed by atoms with Crippen LogP contribution in [0.4, 0.5) is 0 Å². The molecular formula is C51H46Cl2N3PRu. The summed E-state index contributed by atoms with van der Waals surface area (Å²) in [4.78, 5) is 15.0. The fourth-order valence-electron chi connectivity index (χ4n) is 7.10. The zero-order chi connectivity index (χ0) is 40.7. The molecule has 0 saturated heterocycles. The van der Waals surface area contributed by atoms with Crippen molar-refractivity contribution in [1.82, 2.24) is 4.98 Å². The molecule has 0 aliphatic heterocycles. The Kier molecular flexibility index (Phi) is 16.1. The fraction of sp³-hybridized carbons (Fsp3) is 0.118. The molecule has 0 spiro atoms. The van der Waals surface area contributed by atoms with Crippen LogP contribution in [0.15, 0.2) is 204 Å². The largest absolute Gasteiger partial charge is 0.0622 e. The summed E-state index contributed by atoms with van der Waals surface area (Å²) in [6, 6.07) is 68.3. The van der Waals surface area contributed by atoms with Gasteiger partial charge in [0.05, 0.1) is 34.9 Å². The molecule has 0 aliphatic rings. The van der Waals surface area contributed by atoms with E-state index in [1.54, 1.807) is 0 Å². The Hall–Kier alpha value is -4.82.